The third-order valence-electron chi connectivity index (χ3n) is 3.09. The van der Waals surface area contributed by atoms with Gasteiger partial charge in [-0.1, -0.05) is 37.3 Å². The Bertz CT molecular complexity index is 710. The highest BCUT2D eigenvalue weighted by Crippen LogP contribution is 2.40. The normalized spacial score (nSPS) is 12.7. The lowest BCUT2D eigenvalue weighted by Crippen LogP contribution is -1.95. The molecule has 1 aromatic carbocycles. The van der Waals surface area contributed by atoms with E-state index in [9.17, 15) is 0 Å². The number of thioether (sulfide) groups is 1. The fourth-order valence-corrected chi connectivity index (χ4v) is 3.33. The Labute approximate surface area is 121 Å². The van der Waals surface area contributed by atoms with E-state index in [4.69, 9.17) is 5.73 Å². The van der Waals surface area contributed by atoms with Crippen LogP contribution in [-0.2, 0) is 0 Å². The Morgan fingerprint density at radius 1 is 1.25 bits per heavy atom. The van der Waals surface area contributed by atoms with E-state index >= 15 is 0 Å². The number of nitrogen functional groups attached to an aromatic ring is 1. The molecule has 20 heavy (non-hydrogen) atoms. The first-order valence-corrected chi connectivity index (χ1v) is 7.34. The summed E-state index contributed by atoms with van der Waals surface area (Å²) in [4.78, 5) is 5.17. The average molecular weight is 285 g/mol. The van der Waals surface area contributed by atoms with Crippen LogP contribution in [0, 0.1) is 0 Å². The molecule has 1 atom stereocenters. The standard InChI is InChI=1S/C14H15N5S/c1-2-10(9-6-4-3-5-7-9)20-11-8-12(15)16-14-13(11)17-19-18-14/h3-8,10H,2H2,1H3,(H3,15,16,17,18,19). The van der Waals surface area contributed by atoms with Gasteiger partial charge in [0.05, 0.1) is 0 Å². The van der Waals surface area contributed by atoms with Crippen LogP contribution in [-0.4, -0.2) is 20.4 Å². The van der Waals surface area contributed by atoms with Crippen molar-refractivity contribution in [3.8, 4) is 0 Å². The molecule has 0 aliphatic heterocycles. The lowest BCUT2D eigenvalue weighted by molar-refractivity contribution is 0.895. The molecule has 0 radical (unpaired) electrons. The van der Waals surface area contributed by atoms with Crippen molar-refractivity contribution in [2.24, 2.45) is 0 Å². The van der Waals surface area contributed by atoms with Gasteiger partial charge in [-0.05, 0) is 18.1 Å². The van der Waals surface area contributed by atoms with Gasteiger partial charge < -0.3 is 5.73 Å². The number of hydrogen-bond donors (Lipinski definition) is 2. The van der Waals surface area contributed by atoms with Crippen molar-refractivity contribution in [3.63, 3.8) is 0 Å². The molecule has 5 nitrogen and oxygen atoms in total. The fraction of sp³-hybridized carbons (Fsp3) is 0.214. The van der Waals surface area contributed by atoms with Gasteiger partial charge in [0.15, 0.2) is 0 Å². The molecule has 3 rings (SSSR count). The highest BCUT2D eigenvalue weighted by Gasteiger charge is 2.15. The zero-order valence-electron chi connectivity index (χ0n) is 11.1. The van der Waals surface area contributed by atoms with Gasteiger partial charge in [-0.25, -0.2) is 4.98 Å². The molecule has 0 amide bonds. The maximum absolute atomic E-state index is 5.83. The Morgan fingerprint density at radius 3 is 2.80 bits per heavy atom. The Morgan fingerprint density at radius 2 is 2.05 bits per heavy atom. The molecule has 3 aromatic rings. The summed E-state index contributed by atoms with van der Waals surface area (Å²) in [5.41, 5.74) is 8.47. The zero-order valence-corrected chi connectivity index (χ0v) is 11.9. The van der Waals surface area contributed by atoms with Gasteiger partial charge in [0.1, 0.15) is 11.3 Å². The number of aromatic nitrogens is 4. The second-order valence-electron chi connectivity index (χ2n) is 4.47. The fourth-order valence-electron chi connectivity index (χ4n) is 2.12. The number of nitrogens with two attached hydrogens (primary N) is 1. The number of hydrogen-bond acceptors (Lipinski definition) is 5. The summed E-state index contributed by atoms with van der Waals surface area (Å²) in [6.45, 7) is 2.18. The van der Waals surface area contributed by atoms with Crippen molar-refractivity contribution in [2.75, 3.05) is 5.73 Å². The quantitative estimate of drug-likeness (QED) is 0.720. The van der Waals surface area contributed by atoms with E-state index in [-0.39, 0.29) is 0 Å². The molecular formula is C14H15N5S. The SMILES string of the molecule is CCC(Sc1cc(N)nc2n[nH]nc12)c1ccccc1. The summed E-state index contributed by atoms with van der Waals surface area (Å²) in [6, 6.07) is 12.3. The van der Waals surface area contributed by atoms with Gasteiger partial charge in [-0.2, -0.15) is 10.3 Å². The number of anilines is 1. The van der Waals surface area contributed by atoms with E-state index < -0.39 is 0 Å². The third kappa shape index (κ3) is 2.46. The summed E-state index contributed by atoms with van der Waals surface area (Å²) in [5.74, 6) is 0.469. The van der Waals surface area contributed by atoms with Gasteiger partial charge in [0, 0.05) is 10.1 Å². The molecule has 2 heterocycles. The second kappa shape index (κ2) is 5.50. The van der Waals surface area contributed by atoms with Gasteiger partial charge in [0.2, 0.25) is 5.65 Å². The van der Waals surface area contributed by atoms with E-state index in [2.05, 4.69) is 51.6 Å². The molecule has 0 aliphatic rings. The van der Waals surface area contributed by atoms with Crippen LogP contribution in [0.15, 0.2) is 41.3 Å². The number of H-pyrrole nitrogens is 1. The molecule has 0 spiro atoms. The predicted octanol–water partition coefficient (Wildman–Crippen LogP) is 3.18. The maximum Gasteiger partial charge on any atom is 0.204 e. The largest absolute Gasteiger partial charge is 0.384 e. The van der Waals surface area contributed by atoms with Crippen LogP contribution in [0.1, 0.15) is 24.2 Å². The number of nitrogens with one attached hydrogen (secondary N) is 1. The first-order valence-electron chi connectivity index (χ1n) is 6.46. The number of aromatic amines is 1. The number of nitrogens with zero attached hydrogens (tertiary/aromatic N) is 3. The molecule has 0 saturated carbocycles. The average Bonchev–Trinajstić information content (AvgIpc) is 2.93. The summed E-state index contributed by atoms with van der Waals surface area (Å²) in [5, 5.41) is 11.1. The molecular weight excluding hydrogens is 270 g/mol. The van der Waals surface area contributed by atoms with E-state index in [1.165, 1.54) is 5.56 Å². The molecule has 6 heteroatoms. The van der Waals surface area contributed by atoms with Crippen LogP contribution >= 0.6 is 11.8 Å². The number of pyridine rings is 1. The molecule has 2 aromatic heterocycles. The number of benzene rings is 1. The first kappa shape index (κ1) is 12.9. The minimum atomic E-state index is 0.359. The maximum atomic E-state index is 5.83. The molecule has 0 fully saturated rings. The topological polar surface area (TPSA) is 80.5 Å². The van der Waals surface area contributed by atoms with Gasteiger partial charge in [-0.3, -0.25) is 0 Å². The monoisotopic (exact) mass is 285 g/mol. The van der Waals surface area contributed by atoms with Crippen molar-refractivity contribution in [2.45, 2.75) is 23.5 Å². The van der Waals surface area contributed by atoms with Crippen LogP contribution in [0.25, 0.3) is 11.2 Å². The van der Waals surface area contributed by atoms with Gasteiger partial charge in [0.25, 0.3) is 0 Å². The Hall–Kier alpha value is -2.08. The summed E-state index contributed by atoms with van der Waals surface area (Å²) < 4.78 is 0. The van der Waals surface area contributed by atoms with Gasteiger partial charge >= 0.3 is 0 Å². The Balaban J connectivity index is 1.97. The minimum Gasteiger partial charge on any atom is -0.384 e. The van der Waals surface area contributed by atoms with Crippen molar-refractivity contribution < 1.29 is 0 Å². The molecule has 3 N–H and O–H groups in total. The molecule has 1 unspecified atom stereocenters. The van der Waals surface area contributed by atoms with Crippen molar-refractivity contribution >= 4 is 28.7 Å². The predicted molar refractivity (Wildman–Crippen MR) is 81.4 cm³/mol. The van der Waals surface area contributed by atoms with E-state index in [1.54, 1.807) is 11.8 Å². The minimum absolute atomic E-state index is 0.359. The van der Waals surface area contributed by atoms with Crippen LogP contribution < -0.4 is 5.73 Å². The van der Waals surface area contributed by atoms with Crippen molar-refractivity contribution in [3.05, 3.63) is 42.0 Å². The number of rotatable bonds is 4. The van der Waals surface area contributed by atoms with Crippen molar-refractivity contribution in [1.29, 1.82) is 0 Å². The molecule has 0 aliphatic carbocycles. The summed E-state index contributed by atoms with van der Waals surface area (Å²) in [7, 11) is 0. The highest BCUT2D eigenvalue weighted by atomic mass is 32.2. The molecule has 0 saturated heterocycles. The molecule has 102 valence electrons. The molecule has 0 bridgehead atoms. The summed E-state index contributed by atoms with van der Waals surface area (Å²) >= 11 is 1.75. The first-order chi connectivity index (χ1) is 9.78. The lowest BCUT2D eigenvalue weighted by Gasteiger charge is -2.15. The third-order valence-corrected chi connectivity index (χ3v) is 4.54. The van der Waals surface area contributed by atoms with E-state index in [0.717, 1.165) is 16.8 Å². The van der Waals surface area contributed by atoms with Crippen molar-refractivity contribution in [1.82, 2.24) is 20.4 Å². The zero-order chi connectivity index (χ0) is 13.9. The number of fused-ring (bicyclic) bond motifs is 1. The Kier molecular flexibility index (Phi) is 3.56. The smallest absolute Gasteiger partial charge is 0.204 e. The van der Waals surface area contributed by atoms with Crippen LogP contribution in [0.4, 0.5) is 5.82 Å². The van der Waals surface area contributed by atoms with Crippen LogP contribution in [0.5, 0.6) is 0 Å². The van der Waals surface area contributed by atoms with Crippen LogP contribution in [0.2, 0.25) is 0 Å². The van der Waals surface area contributed by atoms with E-state index in [1.807, 2.05) is 12.1 Å². The second-order valence-corrected chi connectivity index (χ2v) is 5.71. The summed E-state index contributed by atoms with van der Waals surface area (Å²) in [6.07, 6.45) is 1.02. The van der Waals surface area contributed by atoms with Gasteiger partial charge in [-0.15, -0.1) is 16.9 Å². The van der Waals surface area contributed by atoms with Crippen LogP contribution in [0.3, 0.4) is 0 Å². The lowest BCUT2D eigenvalue weighted by atomic mass is 10.1. The van der Waals surface area contributed by atoms with E-state index in [0.29, 0.717) is 16.7 Å². The highest BCUT2D eigenvalue weighted by molar-refractivity contribution is 7.99.